The molecule has 12 heteroatoms. The average Bonchev–Trinajstić information content (AvgIpc) is 3.66. The predicted octanol–water partition coefficient (Wildman–Crippen LogP) is 4.08. The number of aliphatic hydroxyl groups is 1. The van der Waals surface area contributed by atoms with Gasteiger partial charge in [-0.2, -0.15) is 0 Å². The van der Waals surface area contributed by atoms with Crippen LogP contribution in [0.15, 0.2) is 35.9 Å². The van der Waals surface area contributed by atoms with Crippen molar-refractivity contribution in [3.8, 4) is 5.75 Å². The lowest BCUT2D eigenvalue weighted by Crippen LogP contribution is -2.63. The van der Waals surface area contributed by atoms with E-state index >= 15 is 0 Å². The van der Waals surface area contributed by atoms with Crippen molar-refractivity contribution in [2.75, 3.05) is 26.2 Å². The molecule has 0 spiro atoms. The molecule has 4 bridgehead atoms. The van der Waals surface area contributed by atoms with Gasteiger partial charge in [-0.3, -0.25) is 14.9 Å². The van der Waals surface area contributed by atoms with E-state index in [1.54, 1.807) is 33.0 Å². The maximum absolute atomic E-state index is 13.7. The Bertz CT molecular complexity index is 1320. The maximum Gasteiger partial charge on any atom is 0.409 e. The normalized spacial score (nSPS) is 34.3. The Hall–Kier alpha value is -3.12. The highest BCUT2D eigenvalue weighted by Gasteiger charge is 2.64. The summed E-state index contributed by atoms with van der Waals surface area (Å²) in [6.45, 7) is 7.20. The third-order valence-electron chi connectivity index (χ3n) is 8.51. The summed E-state index contributed by atoms with van der Waals surface area (Å²) in [5.41, 5.74) is -0.564. The van der Waals surface area contributed by atoms with Crippen LogP contribution in [0.25, 0.3) is 0 Å². The number of benzene rings is 1. The van der Waals surface area contributed by atoms with Crippen LogP contribution in [-0.2, 0) is 35.0 Å². The number of esters is 1. The van der Waals surface area contributed by atoms with Crippen LogP contribution in [0.3, 0.4) is 0 Å². The molecule has 2 fully saturated rings. The first kappa shape index (κ1) is 32.8. The van der Waals surface area contributed by atoms with E-state index in [0.29, 0.717) is 17.9 Å². The van der Waals surface area contributed by atoms with E-state index in [0.717, 1.165) is 11.1 Å². The van der Waals surface area contributed by atoms with Gasteiger partial charge < -0.3 is 33.7 Å². The second-order valence-electron chi connectivity index (χ2n) is 11.6. The zero-order valence-corrected chi connectivity index (χ0v) is 26.4. The lowest BCUT2D eigenvalue weighted by Gasteiger charge is -2.42. The molecular weight excluding hydrogens is 580 g/mol. The van der Waals surface area contributed by atoms with Gasteiger partial charge in [0.2, 0.25) is 5.91 Å². The van der Waals surface area contributed by atoms with Gasteiger partial charge in [0.25, 0.3) is 0 Å². The molecule has 4 rings (SSSR count). The molecule has 3 aliphatic rings. The number of amides is 2. The number of allylic oxidation sites excluding steroid dienone is 3. The van der Waals surface area contributed by atoms with Gasteiger partial charge in [0.1, 0.15) is 34.7 Å². The molecule has 236 valence electrons. The van der Waals surface area contributed by atoms with Gasteiger partial charge in [-0.05, 0) is 38.0 Å². The van der Waals surface area contributed by atoms with Crippen molar-refractivity contribution < 1.29 is 43.2 Å². The highest BCUT2D eigenvalue weighted by Crippen LogP contribution is 2.49. The van der Waals surface area contributed by atoms with E-state index in [9.17, 15) is 19.5 Å². The molecule has 1 aromatic rings. The molecule has 3 aliphatic heterocycles. The molecule has 0 saturated carbocycles. The van der Waals surface area contributed by atoms with Crippen LogP contribution < -0.4 is 15.0 Å². The van der Waals surface area contributed by atoms with E-state index in [2.05, 4.69) is 5.32 Å². The molecule has 2 N–H and O–H groups in total. The van der Waals surface area contributed by atoms with Gasteiger partial charge in [-0.25, -0.2) is 4.79 Å². The Morgan fingerprint density at radius 1 is 1.28 bits per heavy atom. The van der Waals surface area contributed by atoms with Gasteiger partial charge in [-0.1, -0.05) is 49.2 Å². The van der Waals surface area contributed by atoms with Crippen LogP contribution in [0.4, 0.5) is 10.5 Å². The minimum atomic E-state index is -1.76. The van der Waals surface area contributed by atoms with E-state index in [4.69, 9.17) is 35.3 Å². The monoisotopic (exact) mass is 620 g/mol. The summed E-state index contributed by atoms with van der Waals surface area (Å²) in [5.74, 6) is -0.854. The van der Waals surface area contributed by atoms with Gasteiger partial charge in [0.05, 0.1) is 25.3 Å². The van der Waals surface area contributed by atoms with Crippen LogP contribution in [-0.4, -0.2) is 80.1 Å². The number of hydrogen-bond donors (Lipinski definition) is 2. The van der Waals surface area contributed by atoms with Crippen LogP contribution in [0.5, 0.6) is 5.75 Å². The molecular formula is C31H41ClN2O9. The fraction of sp³-hybridized carbons (Fsp3) is 0.581. The smallest absolute Gasteiger partial charge is 0.409 e. The van der Waals surface area contributed by atoms with Crippen LogP contribution in [0.2, 0.25) is 5.02 Å². The number of epoxide rings is 1. The topological polar surface area (TPSA) is 136 Å². The number of alkyl carbamates (subject to hydrolysis) is 1. The van der Waals surface area contributed by atoms with Gasteiger partial charge in [0.15, 0.2) is 5.72 Å². The summed E-state index contributed by atoms with van der Waals surface area (Å²) in [5, 5.41) is 14.3. The van der Waals surface area contributed by atoms with Crippen LogP contribution in [0, 0.1) is 5.92 Å². The average molecular weight is 621 g/mol. The number of methoxy groups -OCH3 is 2. The van der Waals surface area contributed by atoms with Crippen molar-refractivity contribution in [3.63, 3.8) is 0 Å². The van der Waals surface area contributed by atoms with E-state index < -0.39 is 53.7 Å². The maximum atomic E-state index is 13.7. The van der Waals surface area contributed by atoms with E-state index in [1.807, 2.05) is 32.1 Å². The molecule has 0 unspecified atom stereocenters. The third-order valence-corrected chi connectivity index (χ3v) is 8.89. The second kappa shape index (κ2) is 12.9. The summed E-state index contributed by atoms with van der Waals surface area (Å²) in [6.07, 6.45) is 1.81. The molecule has 43 heavy (non-hydrogen) atoms. The number of fused-ring (bicyclic) bond motifs is 5. The van der Waals surface area contributed by atoms with Crippen molar-refractivity contribution >= 4 is 35.3 Å². The summed E-state index contributed by atoms with van der Waals surface area (Å²) in [7, 11) is 4.56. The number of nitrogens with zero attached hydrogens (tertiary/aromatic N) is 1. The lowest BCUT2D eigenvalue weighted by molar-refractivity contribution is -0.153. The number of hydrogen-bond acceptors (Lipinski definition) is 9. The Morgan fingerprint density at radius 3 is 2.65 bits per heavy atom. The Labute approximate surface area is 257 Å². The van der Waals surface area contributed by atoms with Crippen molar-refractivity contribution in [2.45, 2.75) is 89.1 Å². The van der Waals surface area contributed by atoms with Crippen molar-refractivity contribution in [1.29, 1.82) is 0 Å². The summed E-state index contributed by atoms with van der Waals surface area (Å²) in [4.78, 5) is 40.2. The molecule has 11 nitrogen and oxygen atoms in total. The highest BCUT2D eigenvalue weighted by atomic mass is 35.5. The third kappa shape index (κ3) is 6.85. The molecule has 0 aromatic heterocycles. The number of ether oxygens (including phenoxy) is 5. The standard InChI is InChI=1S/C31H41ClN2O9/c1-8-26(36)42-24-15-25(35)34(5)20-13-19(14-21(39-6)27(20)32)12-17(2)10-9-11-23(40-7)31(38)16-22(41-29(37)33-31)18(3)28-30(24,4)43-28/h9-11,13-14,18,22-24,28,38H,8,12,15-16H2,1-7H3,(H,33,37)/b11-9?,17-10-/t18-,22+,23-,24+,28+,30+,31+/m1/s1. The fourth-order valence-corrected chi connectivity index (χ4v) is 6.16. The largest absolute Gasteiger partial charge is 0.495 e. The number of anilines is 1. The first-order valence-electron chi connectivity index (χ1n) is 14.3. The number of carbonyl (C=O) groups is 3. The van der Waals surface area contributed by atoms with Gasteiger partial charge in [0, 0.05) is 32.9 Å². The fourth-order valence-electron chi connectivity index (χ4n) is 5.85. The SMILES string of the molecule is CCC(=O)O[C@H]1CC(=O)N(C)c2cc(cc(OC)c2Cl)C/C(C)=C\C=C[C@@H](OC)[C@@]2(O)C[C@H](OC(=O)N2)[C@@H](C)[C@@H]2O[C@@]12C. The van der Waals surface area contributed by atoms with E-state index in [1.165, 1.54) is 19.1 Å². The summed E-state index contributed by atoms with van der Waals surface area (Å²) in [6, 6.07) is 3.63. The summed E-state index contributed by atoms with van der Waals surface area (Å²) >= 11 is 6.66. The number of rotatable bonds is 4. The predicted molar refractivity (Wildman–Crippen MR) is 159 cm³/mol. The molecule has 0 radical (unpaired) electrons. The van der Waals surface area contributed by atoms with Gasteiger partial charge >= 0.3 is 12.1 Å². The lowest BCUT2D eigenvalue weighted by atomic mass is 9.83. The van der Waals surface area contributed by atoms with E-state index in [-0.39, 0.29) is 30.2 Å². The molecule has 3 heterocycles. The Kier molecular flexibility index (Phi) is 9.80. The van der Waals surface area contributed by atoms with Gasteiger partial charge in [-0.15, -0.1) is 0 Å². The second-order valence-corrected chi connectivity index (χ2v) is 12.0. The first-order valence-corrected chi connectivity index (χ1v) is 14.7. The minimum Gasteiger partial charge on any atom is -0.495 e. The quantitative estimate of drug-likeness (QED) is 0.377. The zero-order chi connectivity index (χ0) is 31.7. The molecule has 1 aromatic carbocycles. The van der Waals surface area contributed by atoms with Crippen molar-refractivity contribution in [2.24, 2.45) is 5.92 Å². The van der Waals surface area contributed by atoms with Crippen LogP contribution in [0.1, 0.15) is 52.5 Å². The molecule has 2 saturated heterocycles. The van der Waals surface area contributed by atoms with Crippen molar-refractivity contribution in [3.05, 3.63) is 46.5 Å². The zero-order valence-electron chi connectivity index (χ0n) is 25.6. The highest BCUT2D eigenvalue weighted by molar-refractivity contribution is 6.35. The number of carbonyl (C=O) groups excluding carboxylic acids is 3. The number of halogens is 1. The first-order chi connectivity index (χ1) is 20.3. The Morgan fingerprint density at radius 2 is 2.00 bits per heavy atom. The molecule has 7 atom stereocenters. The van der Waals surface area contributed by atoms with Crippen molar-refractivity contribution in [1.82, 2.24) is 5.32 Å². The van der Waals surface area contributed by atoms with Crippen LogP contribution >= 0.6 is 11.6 Å². The minimum absolute atomic E-state index is 0.00655. The summed E-state index contributed by atoms with van der Waals surface area (Å²) < 4.78 is 28.6. The Balaban J connectivity index is 1.79. The number of nitrogens with one attached hydrogen (secondary N) is 1. The molecule has 2 amide bonds. The molecule has 0 aliphatic carbocycles.